The summed E-state index contributed by atoms with van der Waals surface area (Å²) >= 11 is 0.304. The first-order valence-corrected chi connectivity index (χ1v) is 8.68. The van der Waals surface area contributed by atoms with Crippen molar-refractivity contribution >= 4 is 30.0 Å². The van der Waals surface area contributed by atoms with Crippen LogP contribution in [0.2, 0.25) is 0 Å². The molecule has 0 spiro atoms. The quantitative estimate of drug-likeness (QED) is 0.495. The van der Waals surface area contributed by atoms with Crippen LogP contribution in [0.1, 0.15) is 11.1 Å². The van der Waals surface area contributed by atoms with Crippen molar-refractivity contribution in [2.45, 2.75) is 0 Å². The first-order chi connectivity index (χ1) is 10.4. The molecule has 3 aromatic carbocycles. The zero-order valence-electron chi connectivity index (χ0n) is 11.6. The Morgan fingerprint density at radius 2 is 1.14 bits per heavy atom. The van der Waals surface area contributed by atoms with Crippen molar-refractivity contribution in [3.8, 4) is 0 Å². The Morgan fingerprint density at radius 3 is 1.76 bits per heavy atom. The first-order valence-electron chi connectivity index (χ1n) is 6.97. The van der Waals surface area contributed by atoms with Gasteiger partial charge in [-0.05, 0) is 0 Å². The zero-order chi connectivity index (χ0) is 14.3. The Balaban J connectivity index is 1.97. The SMILES string of the molecule is C(=C(\[Se]c1ccccc1)c1ccccc1)/c1ccccc1. The van der Waals surface area contributed by atoms with E-state index in [1.165, 1.54) is 20.1 Å². The molecule has 0 fully saturated rings. The van der Waals surface area contributed by atoms with Gasteiger partial charge < -0.3 is 0 Å². The van der Waals surface area contributed by atoms with Gasteiger partial charge in [-0.1, -0.05) is 0 Å². The molecule has 0 unspecified atom stereocenters. The van der Waals surface area contributed by atoms with Crippen molar-refractivity contribution in [3.63, 3.8) is 0 Å². The average molecular weight is 335 g/mol. The fourth-order valence-corrected chi connectivity index (χ4v) is 4.18. The van der Waals surface area contributed by atoms with E-state index in [0.29, 0.717) is 15.0 Å². The molecule has 0 atom stereocenters. The molecule has 0 amide bonds. The van der Waals surface area contributed by atoms with Crippen LogP contribution in [-0.2, 0) is 0 Å². The van der Waals surface area contributed by atoms with Gasteiger partial charge in [0.2, 0.25) is 0 Å². The molecule has 0 aliphatic carbocycles. The molecule has 0 saturated carbocycles. The van der Waals surface area contributed by atoms with E-state index in [0.717, 1.165) is 0 Å². The number of benzene rings is 3. The fourth-order valence-electron chi connectivity index (χ4n) is 2.09. The van der Waals surface area contributed by atoms with Crippen LogP contribution in [0.4, 0.5) is 0 Å². The van der Waals surface area contributed by atoms with Crippen molar-refractivity contribution in [1.82, 2.24) is 0 Å². The van der Waals surface area contributed by atoms with Gasteiger partial charge in [0, 0.05) is 0 Å². The van der Waals surface area contributed by atoms with E-state index < -0.39 is 0 Å². The van der Waals surface area contributed by atoms with Gasteiger partial charge in [0.05, 0.1) is 0 Å². The molecule has 0 nitrogen and oxygen atoms in total. The summed E-state index contributed by atoms with van der Waals surface area (Å²) in [5.74, 6) is 0. The molecule has 0 radical (unpaired) electrons. The van der Waals surface area contributed by atoms with Gasteiger partial charge in [0.25, 0.3) is 0 Å². The molecule has 3 rings (SSSR count). The summed E-state index contributed by atoms with van der Waals surface area (Å²) in [5.41, 5.74) is 2.57. The van der Waals surface area contributed by atoms with E-state index in [4.69, 9.17) is 0 Å². The van der Waals surface area contributed by atoms with Crippen molar-refractivity contribution in [2.24, 2.45) is 0 Å². The van der Waals surface area contributed by atoms with Crippen LogP contribution < -0.4 is 4.46 Å². The summed E-state index contributed by atoms with van der Waals surface area (Å²) in [4.78, 5) is 0. The van der Waals surface area contributed by atoms with Crippen LogP contribution in [-0.4, -0.2) is 15.0 Å². The minimum absolute atomic E-state index is 0.304. The van der Waals surface area contributed by atoms with Gasteiger partial charge in [-0.15, -0.1) is 0 Å². The summed E-state index contributed by atoms with van der Waals surface area (Å²) in [6.45, 7) is 0. The maximum absolute atomic E-state index is 2.31. The maximum atomic E-state index is 2.31. The Bertz CT molecular complexity index is 701. The predicted molar refractivity (Wildman–Crippen MR) is 92.6 cm³/mol. The number of hydrogen-bond donors (Lipinski definition) is 0. The molecule has 1 heteroatoms. The van der Waals surface area contributed by atoms with Crippen molar-refractivity contribution in [1.29, 1.82) is 0 Å². The van der Waals surface area contributed by atoms with E-state index in [-0.39, 0.29) is 0 Å². The monoisotopic (exact) mass is 336 g/mol. The topological polar surface area (TPSA) is 0 Å². The first kappa shape index (κ1) is 13.9. The molecule has 0 N–H and O–H groups in total. The van der Waals surface area contributed by atoms with E-state index in [1.807, 2.05) is 0 Å². The zero-order valence-corrected chi connectivity index (χ0v) is 13.4. The molecule has 0 aromatic heterocycles. The summed E-state index contributed by atoms with van der Waals surface area (Å²) in [6.07, 6.45) is 2.31. The standard InChI is InChI=1S/C20H16Se/c1-4-10-17(11-5-1)16-20(18-12-6-2-7-13-18)21-19-14-8-3-9-15-19/h1-16H/b20-16+. The third-order valence-electron chi connectivity index (χ3n) is 3.13. The molecule has 0 aliphatic rings. The van der Waals surface area contributed by atoms with Crippen LogP contribution >= 0.6 is 0 Å². The summed E-state index contributed by atoms with van der Waals surface area (Å²) in [7, 11) is 0. The van der Waals surface area contributed by atoms with Gasteiger partial charge in [0.15, 0.2) is 0 Å². The second kappa shape index (κ2) is 7.08. The van der Waals surface area contributed by atoms with E-state index in [1.54, 1.807) is 0 Å². The van der Waals surface area contributed by atoms with Crippen molar-refractivity contribution in [2.75, 3.05) is 0 Å². The van der Waals surface area contributed by atoms with Crippen LogP contribution in [0, 0.1) is 0 Å². The number of hydrogen-bond acceptors (Lipinski definition) is 0. The van der Waals surface area contributed by atoms with Gasteiger partial charge in [-0.25, -0.2) is 0 Å². The second-order valence-electron chi connectivity index (χ2n) is 4.70. The van der Waals surface area contributed by atoms with Crippen LogP contribution in [0.15, 0.2) is 91.0 Å². The minimum atomic E-state index is 0.304. The Morgan fingerprint density at radius 1 is 0.619 bits per heavy atom. The fraction of sp³-hybridized carbons (Fsp3) is 0. The van der Waals surface area contributed by atoms with Gasteiger partial charge in [-0.2, -0.15) is 0 Å². The predicted octanol–water partition coefficient (Wildman–Crippen LogP) is 4.21. The molecule has 0 heterocycles. The molecular weight excluding hydrogens is 319 g/mol. The van der Waals surface area contributed by atoms with Gasteiger partial charge >= 0.3 is 132 Å². The summed E-state index contributed by atoms with van der Waals surface area (Å²) in [6, 6.07) is 31.9. The van der Waals surface area contributed by atoms with Crippen LogP contribution in [0.3, 0.4) is 0 Å². The summed E-state index contributed by atoms with van der Waals surface area (Å²) < 4.78 is 2.80. The molecule has 102 valence electrons. The van der Waals surface area contributed by atoms with Gasteiger partial charge in [0.1, 0.15) is 0 Å². The Kier molecular flexibility index (Phi) is 4.68. The molecule has 3 aromatic rings. The van der Waals surface area contributed by atoms with Crippen molar-refractivity contribution in [3.05, 3.63) is 102 Å². The molecule has 0 saturated heterocycles. The second-order valence-corrected chi connectivity index (χ2v) is 7.04. The van der Waals surface area contributed by atoms with E-state index in [2.05, 4.69) is 97.1 Å². The molecule has 21 heavy (non-hydrogen) atoms. The third kappa shape index (κ3) is 3.95. The Labute approximate surface area is 132 Å². The van der Waals surface area contributed by atoms with Gasteiger partial charge in [-0.3, -0.25) is 0 Å². The van der Waals surface area contributed by atoms with E-state index >= 15 is 0 Å². The number of rotatable bonds is 4. The molecule has 0 aliphatic heterocycles. The molecule has 0 bridgehead atoms. The Hall–Kier alpha value is -2.08. The normalized spacial score (nSPS) is 11.3. The van der Waals surface area contributed by atoms with Crippen molar-refractivity contribution < 1.29 is 0 Å². The van der Waals surface area contributed by atoms with E-state index in [9.17, 15) is 0 Å². The third-order valence-corrected chi connectivity index (χ3v) is 5.40. The molecular formula is C20H16Se. The van der Waals surface area contributed by atoms with Crippen LogP contribution in [0.5, 0.6) is 0 Å². The van der Waals surface area contributed by atoms with Crippen LogP contribution in [0.25, 0.3) is 10.5 Å². The average Bonchev–Trinajstić information content (AvgIpc) is 2.57. The summed E-state index contributed by atoms with van der Waals surface area (Å²) in [5, 5.41) is 0.